The largest absolute Gasteiger partial charge is 0.323 e. The smallest absolute Gasteiger partial charge is 0.242 e. The Kier molecular flexibility index (Phi) is 6.96. The summed E-state index contributed by atoms with van der Waals surface area (Å²) in [6, 6.07) is 19.9. The Hall–Kier alpha value is -1.36. The van der Waals surface area contributed by atoms with Gasteiger partial charge >= 0.3 is 0 Å². The molecule has 3 aromatic carbocycles. The van der Waals surface area contributed by atoms with Gasteiger partial charge in [-0.1, -0.05) is 76.7 Å². The molecule has 0 spiro atoms. The van der Waals surface area contributed by atoms with Crippen LogP contribution in [0.1, 0.15) is 10.8 Å². The summed E-state index contributed by atoms with van der Waals surface area (Å²) in [4.78, 5) is 14.0. The first kappa shape index (κ1) is 20.4. The summed E-state index contributed by atoms with van der Waals surface area (Å²) in [5, 5.41) is 3.97. The SMILES string of the molecule is O=C(Nc1cc(Cl)c(Cl)cc1Cl)C(Sc1ccc(Cl)cc1)c1ccccc1. The second kappa shape index (κ2) is 9.22. The van der Waals surface area contributed by atoms with Crippen LogP contribution < -0.4 is 5.32 Å². The zero-order valence-electron chi connectivity index (χ0n) is 13.8. The summed E-state index contributed by atoms with van der Waals surface area (Å²) in [5.74, 6) is -0.221. The fourth-order valence-corrected chi connectivity index (χ4v) is 4.11. The summed E-state index contributed by atoms with van der Waals surface area (Å²) in [6.07, 6.45) is 0. The molecule has 138 valence electrons. The molecule has 3 aromatic rings. The Morgan fingerprint density at radius 1 is 0.815 bits per heavy atom. The summed E-state index contributed by atoms with van der Waals surface area (Å²) in [5.41, 5.74) is 1.28. The predicted octanol–water partition coefficient (Wildman–Crippen LogP) is 7.77. The Balaban J connectivity index is 1.89. The molecule has 0 heterocycles. The van der Waals surface area contributed by atoms with Crippen LogP contribution in [0.4, 0.5) is 5.69 Å². The van der Waals surface area contributed by atoms with Crippen LogP contribution >= 0.6 is 58.2 Å². The van der Waals surface area contributed by atoms with Crippen molar-refractivity contribution in [1.82, 2.24) is 0 Å². The highest BCUT2D eigenvalue weighted by Crippen LogP contribution is 2.38. The molecule has 0 aliphatic rings. The van der Waals surface area contributed by atoms with E-state index in [1.807, 2.05) is 42.5 Å². The van der Waals surface area contributed by atoms with Crippen molar-refractivity contribution < 1.29 is 4.79 Å². The molecule has 0 aromatic heterocycles. The molecule has 0 aliphatic carbocycles. The molecule has 0 saturated carbocycles. The quantitative estimate of drug-likeness (QED) is 0.313. The summed E-state index contributed by atoms with van der Waals surface area (Å²) in [7, 11) is 0. The van der Waals surface area contributed by atoms with Gasteiger partial charge in [0.2, 0.25) is 5.91 Å². The van der Waals surface area contributed by atoms with E-state index in [9.17, 15) is 4.79 Å². The maximum Gasteiger partial charge on any atom is 0.242 e. The lowest BCUT2D eigenvalue weighted by Crippen LogP contribution is -2.19. The Morgan fingerprint density at radius 2 is 1.44 bits per heavy atom. The number of hydrogen-bond acceptors (Lipinski definition) is 2. The number of rotatable bonds is 5. The second-order valence-corrected chi connectivity index (χ2v) is 8.43. The summed E-state index contributed by atoms with van der Waals surface area (Å²) < 4.78 is 0. The highest BCUT2D eigenvalue weighted by Gasteiger charge is 2.23. The first-order chi connectivity index (χ1) is 12.9. The fraction of sp³-hybridized carbons (Fsp3) is 0.0500. The minimum Gasteiger partial charge on any atom is -0.323 e. The van der Waals surface area contributed by atoms with Crippen molar-refractivity contribution in [3.05, 3.63) is 92.4 Å². The van der Waals surface area contributed by atoms with Crippen molar-refractivity contribution in [1.29, 1.82) is 0 Å². The zero-order valence-corrected chi connectivity index (χ0v) is 17.6. The lowest BCUT2D eigenvalue weighted by molar-refractivity contribution is -0.115. The normalized spacial score (nSPS) is 11.9. The number of anilines is 1. The Bertz CT molecular complexity index is 948. The van der Waals surface area contributed by atoms with E-state index in [4.69, 9.17) is 46.4 Å². The van der Waals surface area contributed by atoms with E-state index in [0.717, 1.165) is 10.5 Å². The van der Waals surface area contributed by atoms with Crippen LogP contribution in [0.5, 0.6) is 0 Å². The Morgan fingerprint density at radius 3 is 2.11 bits per heavy atom. The molecule has 1 unspecified atom stereocenters. The number of hydrogen-bond donors (Lipinski definition) is 1. The predicted molar refractivity (Wildman–Crippen MR) is 117 cm³/mol. The number of nitrogens with one attached hydrogen (secondary N) is 1. The number of carbonyl (C=O) groups excluding carboxylic acids is 1. The number of thioether (sulfide) groups is 1. The minimum atomic E-state index is -0.488. The third-order valence-electron chi connectivity index (χ3n) is 3.68. The molecular formula is C20H13Cl4NOS. The van der Waals surface area contributed by atoms with Crippen molar-refractivity contribution in [3.63, 3.8) is 0 Å². The molecule has 3 rings (SSSR count). The summed E-state index contributed by atoms with van der Waals surface area (Å²) >= 11 is 25.6. The molecule has 2 nitrogen and oxygen atoms in total. The van der Waals surface area contributed by atoms with Crippen LogP contribution in [-0.4, -0.2) is 5.91 Å². The van der Waals surface area contributed by atoms with Crippen molar-refractivity contribution in [2.75, 3.05) is 5.32 Å². The van der Waals surface area contributed by atoms with Gasteiger partial charge in [-0.15, -0.1) is 11.8 Å². The maximum absolute atomic E-state index is 13.0. The van der Waals surface area contributed by atoms with Gasteiger partial charge in [-0.05, 0) is 42.0 Å². The third-order valence-corrected chi connectivity index (χ3v) is 6.23. The monoisotopic (exact) mass is 455 g/mol. The molecule has 1 amide bonds. The summed E-state index contributed by atoms with van der Waals surface area (Å²) in [6.45, 7) is 0. The van der Waals surface area contributed by atoms with Gasteiger partial charge in [0, 0.05) is 9.92 Å². The van der Waals surface area contributed by atoms with Crippen LogP contribution in [0, 0.1) is 0 Å². The lowest BCUT2D eigenvalue weighted by atomic mass is 10.1. The van der Waals surface area contributed by atoms with Gasteiger partial charge < -0.3 is 5.32 Å². The van der Waals surface area contributed by atoms with Gasteiger partial charge in [0.05, 0.1) is 20.8 Å². The third kappa shape index (κ3) is 5.34. The van der Waals surface area contributed by atoms with E-state index in [2.05, 4.69) is 5.32 Å². The number of benzene rings is 3. The van der Waals surface area contributed by atoms with Gasteiger partial charge in [0.15, 0.2) is 0 Å². The number of amides is 1. The van der Waals surface area contributed by atoms with E-state index < -0.39 is 5.25 Å². The average molecular weight is 457 g/mol. The van der Waals surface area contributed by atoms with Gasteiger partial charge in [0.1, 0.15) is 5.25 Å². The molecule has 0 radical (unpaired) electrons. The molecule has 1 N–H and O–H groups in total. The molecule has 7 heteroatoms. The van der Waals surface area contributed by atoms with Crippen molar-refractivity contribution in [2.45, 2.75) is 10.1 Å². The number of halogens is 4. The molecule has 1 atom stereocenters. The van der Waals surface area contributed by atoms with Crippen molar-refractivity contribution in [2.24, 2.45) is 0 Å². The first-order valence-electron chi connectivity index (χ1n) is 7.86. The van der Waals surface area contributed by atoms with Crippen LogP contribution in [-0.2, 0) is 4.79 Å². The zero-order chi connectivity index (χ0) is 19.4. The van der Waals surface area contributed by atoms with Crippen molar-refractivity contribution >= 4 is 69.8 Å². The van der Waals surface area contributed by atoms with E-state index in [1.54, 1.807) is 18.2 Å². The molecular weight excluding hydrogens is 444 g/mol. The lowest BCUT2D eigenvalue weighted by Gasteiger charge is -2.18. The van der Waals surface area contributed by atoms with Crippen LogP contribution in [0.2, 0.25) is 20.1 Å². The fourth-order valence-electron chi connectivity index (χ4n) is 2.37. The second-order valence-electron chi connectivity index (χ2n) is 5.60. The van der Waals surface area contributed by atoms with Crippen LogP contribution in [0.15, 0.2) is 71.6 Å². The highest BCUT2D eigenvalue weighted by molar-refractivity contribution is 8.00. The molecule has 27 heavy (non-hydrogen) atoms. The highest BCUT2D eigenvalue weighted by atomic mass is 35.5. The average Bonchev–Trinajstić information content (AvgIpc) is 2.66. The van der Waals surface area contributed by atoms with Crippen LogP contribution in [0.25, 0.3) is 0 Å². The van der Waals surface area contributed by atoms with E-state index in [1.165, 1.54) is 17.8 Å². The van der Waals surface area contributed by atoms with Gasteiger partial charge in [-0.25, -0.2) is 0 Å². The Labute approximate surface area is 181 Å². The molecule has 0 saturated heterocycles. The van der Waals surface area contributed by atoms with E-state index in [-0.39, 0.29) is 5.91 Å². The minimum absolute atomic E-state index is 0.221. The number of carbonyl (C=O) groups is 1. The van der Waals surface area contributed by atoms with Gasteiger partial charge in [-0.3, -0.25) is 4.79 Å². The van der Waals surface area contributed by atoms with Gasteiger partial charge in [0.25, 0.3) is 0 Å². The molecule has 0 bridgehead atoms. The maximum atomic E-state index is 13.0. The van der Waals surface area contributed by atoms with E-state index in [0.29, 0.717) is 25.8 Å². The topological polar surface area (TPSA) is 29.1 Å². The van der Waals surface area contributed by atoms with E-state index >= 15 is 0 Å². The van der Waals surface area contributed by atoms with Crippen LogP contribution in [0.3, 0.4) is 0 Å². The molecule has 0 aliphatic heterocycles. The van der Waals surface area contributed by atoms with Crippen molar-refractivity contribution in [3.8, 4) is 0 Å². The first-order valence-corrected chi connectivity index (χ1v) is 10.3. The molecule has 0 fully saturated rings. The standard InChI is InChI=1S/C20H13Cl4NOS/c21-13-6-8-14(9-7-13)27-19(12-4-2-1-3-5-12)20(26)25-18-11-16(23)15(22)10-17(18)24/h1-11,19H,(H,25,26). The van der Waals surface area contributed by atoms with Gasteiger partial charge in [-0.2, -0.15) is 0 Å².